The number of ether oxygens (including phenoxy) is 2. The highest BCUT2D eigenvalue weighted by Gasteiger charge is 2.05. The second-order valence-electron chi connectivity index (χ2n) is 4.05. The van der Waals surface area contributed by atoms with Gasteiger partial charge in [-0.3, -0.25) is 0 Å². The Labute approximate surface area is 124 Å². The van der Waals surface area contributed by atoms with Crippen molar-refractivity contribution in [3.8, 4) is 5.75 Å². The second-order valence-corrected chi connectivity index (χ2v) is 4.91. The van der Waals surface area contributed by atoms with Crippen LogP contribution in [0, 0.1) is 5.82 Å². The fraction of sp³-hybridized carbons (Fsp3) is 0.133. The molecule has 0 saturated heterocycles. The molecular formula is C15H12BrFO3. The average molecular weight is 339 g/mol. The molecule has 0 atom stereocenters. The van der Waals surface area contributed by atoms with Gasteiger partial charge in [0.2, 0.25) is 0 Å². The van der Waals surface area contributed by atoms with Crippen molar-refractivity contribution in [1.82, 2.24) is 0 Å². The Balaban J connectivity index is 2.00. The van der Waals surface area contributed by atoms with Crippen molar-refractivity contribution in [1.29, 1.82) is 0 Å². The molecule has 3 nitrogen and oxygen atoms in total. The van der Waals surface area contributed by atoms with Gasteiger partial charge >= 0.3 is 5.97 Å². The number of methoxy groups -OCH3 is 1. The summed E-state index contributed by atoms with van der Waals surface area (Å²) < 4.78 is 23.7. The lowest BCUT2D eigenvalue weighted by Crippen LogP contribution is -2.01. The summed E-state index contributed by atoms with van der Waals surface area (Å²) in [6, 6.07) is 11.3. The molecule has 0 aliphatic rings. The maximum atomic E-state index is 13.1. The minimum atomic E-state index is -0.390. The smallest absolute Gasteiger partial charge is 0.337 e. The Hall–Kier alpha value is -1.88. The van der Waals surface area contributed by atoms with E-state index in [1.165, 1.54) is 13.2 Å². The lowest BCUT2D eigenvalue weighted by atomic mass is 10.2. The molecule has 0 unspecified atom stereocenters. The molecule has 2 aromatic carbocycles. The summed E-state index contributed by atoms with van der Waals surface area (Å²) in [5.74, 6) is -0.0757. The van der Waals surface area contributed by atoms with E-state index in [-0.39, 0.29) is 11.8 Å². The molecule has 0 fully saturated rings. The fourth-order valence-electron chi connectivity index (χ4n) is 1.60. The summed E-state index contributed by atoms with van der Waals surface area (Å²) in [6.45, 7) is 0.316. The van der Waals surface area contributed by atoms with Gasteiger partial charge in [0.05, 0.1) is 17.1 Å². The quantitative estimate of drug-likeness (QED) is 0.791. The van der Waals surface area contributed by atoms with Crippen molar-refractivity contribution in [2.75, 3.05) is 7.11 Å². The first-order valence-electron chi connectivity index (χ1n) is 5.85. The molecule has 0 aliphatic carbocycles. The zero-order valence-electron chi connectivity index (χ0n) is 10.7. The highest BCUT2D eigenvalue weighted by atomic mass is 79.9. The van der Waals surface area contributed by atoms with Crippen LogP contribution >= 0.6 is 15.9 Å². The summed E-state index contributed by atoms with van der Waals surface area (Å²) in [4.78, 5) is 11.3. The summed E-state index contributed by atoms with van der Waals surface area (Å²) in [5, 5.41) is 0. The van der Waals surface area contributed by atoms with E-state index in [1.807, 2.05) is 0 Å². The van der Waals surface area contributed by atoms with Crippen LogP contribution in [0.4, 0.5) is 4.39 Å². The highest BCUT2D eigenvalue weighted by molar-refractivity contribution is 9.10. The van der Waals surface area contributed by atoms with Crippen LogP contribution in [-0.4, -0.2) is 13.1 Å². The van der Waals surface area contributed by atoms with Crippen LogP contribution in [0.2, 0.25) is 0 Å². The SMILES string of the molecule is COC(=O)c1ccc(OCc2ccc(F)c(Br)c2)cc1. The van der Waals surface area contributed by atoms with E-state index in [2.05, 4.69) is 20.7 Å². The van der Waals surface area contributed by atoms with Crippen LogP contribution in [0.25, 0.3) is 0 Å². The van der Waals surface area contributed by atoms with Gasteiger partial charge in [0.15, 0.2) is 0 Å². The van der Waals surface area contributed by atoms with Gasteiger partial charge in [0, 0.05) is 0 Å². The van der Waals surface area contributed by atoms with E-state index in [1.54, 1.807) is 36.4 Å². The Morgan fingerprint density at radius 1 is 1.20 bits per heavy atom. The van der Waals surface area contributed by atoms with Gasteiger partial charge < -0.3 is 9.47 Å². The minimum Gasteiger partial charge on any atom is -0.489 e. The van der Waals surface area contributed by atoms with Gasteiger partial charge in [0.1, 0.15) is 18.2 Å². The Morgan fingerprint density at radius 2 is 1.90 bits per heavy atom. The number of rotatable bonds is 4. The zero-order chi connectivity index (χ0) is 14.5. The Kier molecular flexibility index (Phi) is 4.74. The van der Waals surface area contributed by atoms with Crippen molar-refractivity contribution < 1.29 is 18.7 Å². The first kappa shape index (κ1) is 14.5. The van der Waals surface area contributed by atoms with E-state index >= 15 is 0 Å². The third-order valence-electron chi connectivity index (χ3n) is 2.66. The van der Waals surface area contributed by atoms with Crippen molar-refractivity contribution in [3.63, 3.8) is 0 Å². The lowest BCUT2D eigenvalue weighted by molar-refractivity contribution is 0.0600. The molecule has 0 aromatic heterocycles. The van der Waals surface area contributed by atoms with Crippen LogP contribution in [0.5, 0.6) is 5.75 Å². The maximum absolute atomic E-state index is 13.1. The van der Waals surface area contributed by atoms with Crippen molar-refractivity contribution >= 4 is 21.9 Å². The van der Waals surface area contributed by atoms with E-state index < -0.39 is 0 Å². The molecule has 104 valence electrons. The molecular weight excluding hydrogens is 327 g/mol. The third-order valence-corrected chi connectivity index (χ3v) is 3.27. The summed E-state index contributed by atoms with van der Waals surface area (Å²) in [7, 11) is 1.33. The maximum Gasteiger partial charge on any atom is 0.337 e. The lowest BCUT2D eigenvalue weighted by Gasteiger charge is -2.07. The predicted octanol–water partition coefficient (Wildman–Crippen LogP) is 3.95. The Bertz CT molecular complexity index is 611. The molecule has 0 N–H and O–H groups in total. The number of benzene rings is 2. The van der Waals surface area contributed by atoms with Crippen LogP contribution < -0.4 is 4.74 Å². The van der Waals surface area contributed by atoms with Gasteiger partial charge in [-0.2, -0.15) is 0 Å². The standard InChI is InChI=1S/C15H12BrFO3/c1-19-15(18)11-3-5-12(6-4-11)20-9-10-2-7-14(17)13(16)8-10/h2-8H,9H2,1H3. The molecule has 0 radical (unpaired) electrons. The molecule has 2 aromatic rings. The molecule has 5 heteroatoms. The van der Waals surface area contributed by atoms with Crippen LogP contribution in [-0.2, 0) is 11.3 Å². The first-order valence-corrected chi connectivity index (χ1v) is 6.64. The van der Waals surface area contributed by atoms with Gasteiger partial charge in [-0.05, 0) is 57.9 Å². The van der Waals surface area contributed by atoms with Gasteiger partial charge in [-0.15, -0.1) is 0 Å². The van der Waals surface area contributed by atoms with Crippen LogP contribution in [0.1, 0.15) is 15.9 Å². The molecule has 20 heavy (non-hydrogen) atoms. The molecule has 0 saturated carbocycles. The molecule has 0 amide bonds. The van der Waals surface area contributed by atoms with E-state index in [9.17, 15) is 9.18 Å². The number of hydrogen-bond donors (Lipinski definition) is 0. The van der Waals surface area contributed by atoms with Crippen molar-refractivity contribution in [2.24, 2.45) is 0 Å². The summed E-state index contributed by atoms with van der Waals surface area (Å²) >= 11 is 3.12. The zero-order valence-corrected chi connectivity index (χ0v) is 12.3. The highest BCUT2D eigenvalue weighted by Crippen LogP contribution is 2.19. The van der Waals surface area contributed by atoms with E-state index in [0.29, 0.717) is 22.4 Å². The van der Waals surface area contributed by atoms with Gasteiger partial charge in [-0.1, -0.05) is 6.07 Å². The molecule has 2 rings (SSSR count). The summed E-state index contributed by atoms with van der Waals surface area (Å²) in [6.07, 6.45) is 0. The van der Waals surface area contributed by atoms with Crippen LogP contribution in [0.3, 0.4) is 0 Å². The van der Waals surface area contributed by atoms with Gasteiger partial charge in [0.25, 0.3) is 0 Å². The topological polar surface area (TPSA) is 35.5 Å². The molecule has 0 spiro atoms. The number of hydrogen-bond acceptors (Lipinski definition) is 3. The number of halogens is 2. The third kappa shape index (κ3) is 3.57. The number of carbonyl (C=O) groups excluding carboxylic acids is 1. The van der Waals surface area contributed by atoms with E-state index in [0.717, 1.165) is 5.56 Å². The number of carbonyl (C=O) groups is 1. The van der Waals surface area contributed by atoms with Crippen molar-refractivity contribution in [3.05, 3.63) is 63.9 Å². The minimum absolute atomic E-state index is 0.309. The molecule has 0 bridgehead atoms. The fourth-order valence-corrected chi connectivity index (χ4v) is 2.03. The van der Waals surface area contributed by atoms with Crippen molar-refractivity contribution in [2.45, 2.75) is 6.61 Å². The normalized spacial score (nSPS) is 10.2. The molecule has 0 aliphatic heterocycles. The molecule has 0 heterocycles. The van der Waals surface area contributed by atoms with E-state index in [4.69, 9.17) is 4.74 Å². The van der Waals surface area contributed by atoms with Gasteiger partial charge in [-0.25, -0.2) is 9.18 Å². The first-order chi connectivity index (χ1) is 9.60. The van der Waals surface area contributed by atoms with Crippen LogP contribution in [0.15, 0.2) is 46.9 Å². The second kappa shape index (κ2) is 6.52. The largest absolute Gasteiger partial charge is 0.489 e. The summed E-state index contributed by atoms with van der Waals surface area (Å²) in [5.41, 5.74) is 1.31. The monoisotopic (exact) mass is 338 g/mol. The number of esters is 1. The predicted molar refractivity (Wildman–Crippen MR) is 76.2 cm³/mol. The Morgan fingerprint density at radius 3 is 2.50 bits per heavy atom. The average Bonchev–Trinajstić information content (AvgIpc) is 2.48.